The van der Waals surface area contributed by atoms with Crippen molar-refractivity contribution >= 4 is 0 Å². The third kappa shape index (κ3) is 4.91. The minimum Gasteiger partial charge on any atom is -0.378 e. The molecule has 6 nitrogen and oxygen atoms in total. The third-order valence-electron chi connectivity index (χ3n) is 4.66. The molecule has 1 aromatic rings. The highest BCUT2D eigenvalue weighted by Crippen LogP contribution is 2.31. The summed E-state index contributed by atoms with van der Waals surface area (Å²) in [5.41, 5.74) is 1.07. The molecule has 1 aliphatic rings. The predicted octanol–water partition coefficient (Wildman–Crippen LogP) is 2.56. The van der Waals surface area contributed by atoms with Gasteiger partial charge in [0.1, 0.15) is 24.4 Å². The van der Waals surface area contributed by atoms with Crippen molar-refractivity contribution in [1.82, 2.24) is 0 Å². The zero-order valence-electron chi connectivity index (χ0n) is 16.0. The van der Waals surface area contributed by atoms with Gasteiger partial charge in [-0.15, -0.1) is 6.58 Å². The summed E-state index contributed by atoms with van der Waals surface area (Å²) >= 11 is 0. The van der Waals surface area contributed by atoms with Gasteiger partial charge in [-0.2, -0.15) is 0 Å². The molecule has 1 heterocycles. The average Bonchev–Trinajstić information content (AvgIpc) is 2.69. The zero-order valence-corrected chi connectivity index (χ0v) is 16.0. The monoisotopic (exact) mass is 366 g/mol. The highest BCUT2D eigenvalue weighted by Gasteiger charge is 2.50. The molecule has 0 aliphatic carbocycles. The first-order valence-electron chi connectivity index (χ1n) is 8.73. The van der Waals surface area contributed by atoms with E-state index in [0.717, 1.165) is 5.56 Å². The molecular formula is C20H30O6. The van der Waals surface area contributed by atoms with Gasteiger partial charge in [-0.25, -0.2) is 0 Å². The molecule has 2 rings (SSSR count). The number of hydrogen-bond acceptors (Lipinski definition) is 6. The Bertz CT molecular complexity index is 522. The Morgan fingerprint density at radius 2 is 1.69 bits per heavy atom. The maximum absolute atomic E-state index is 6.24. The molecule has 0 unspecified atom stereocenters. The van der Waals surface area contributed by atoms with Gasteiger partial charge in [-0.05, 0) is 12.0 Å². The van der Waals surface area contributed by atoms with Gasteiger partial charge in [-0.1, -0.05) is 36.4 Å². The van der Waals surface area contributed by atoms with Crippen LogP contribution >= 0.6 is 0 Å². The smallest absolute Gasteiger partial charge is 0.186 e. The van der Waals surface area contributed by atoms with E-state index in [-0.39, 0.29) is 24.4 Å². The Labute approximate surface area is 156 Å². The molecule has 0 radical (unpaired) electrons. The summed E-state index contributed by atoms with van der Waals surface area (Å²) in [6.45, 7) is 4.24. The van der Waals surface area contributed by atoms with Crippen molar-refractivity contribution in [3.05, 3.63) is 48.6 Å². The van der Waals surface area contributed by atoms with Crippen LogP contribution in [0.15, 0.2) is 43.0 Å². The van der Waals surface area contributed by atoms with Crippen LogP contribution in [0.1, 0.15) is 12.0 Å². The van der Waals surface area contributed by atoms with Crippen LogP contribution in [0.5, 0.6) is 0 Å². The van der Waals surface area contributed by atoms with E-state index in [4.69, 9.17) is 28.4 Å². The van der Waals surface area contributed by atoms with Crippen molar-refractivity contribution < 1.29 is 28.4 Å². The predicted molar refractivity (Wildman–Crippen MR) is 97.9 cm³/mol. The number of methoxy groups -OCH3 is 4. The van der Waals surface area contributed by atoms with Crippen LogP contribution in [0.4, 0.5) is 0 Å². The summed E-state index contributed by atoms with van der Waals surface area (Å²) < 4.78 is 34.8. The molecule has 6 heteroatoms. The fourth-order valence-corrected chi connectivity index (χ4v) is 3.33. The summed E-state index contributed by atoms with van der Waals surface area (Å²) in [6.07, 6.45) is 0.0623. The molecule has 0 bridgehead atoms. The zero-order chi connectivity index (χ0) is 18.9. The molecule has 146 valence electrons. The lowest BCUT2D eigenvalue weighted by Gasteiger charge is -2.46. The molecule has 1 aromatic carbocycles. The molecule has 0 amide bonds. The van der Waals surface area contributed by atoms with E-state index < -0.39 is 12.4 Å². The van der Waals surface area contributed by atoms with Crippen molar-refractivity contribution in [3.8, 4) is 0 Å². The van der Waals surface area contributed by atoms with Crippen molar-refractivity contribution in [1.29, 1.82) is 0 Å². The summed E-state index contributed by atoms with van der Waals surface area (Å²) in [5.74, 6) is 0. The summed E-state index contributed by atoms with van der Waals surface area (Å²) in [7, 11) is 6.48. The van der Waals surface area contributed by atoms with Gasteiger partial charge in [0, 0.05) is 28.4 Å². The summed E-state index contributed by atoms with van der Waals surface area (Å²) in [4.78, 5) is 0. The lowest BCUT2D eigenvalue weighted by molar-refractivity contribution is -0.320. The molecule has 6 atom stereocenters. The van der Waals surface area contributed by atoms with Crippen molar-refractivity contribution in [2.24, 2.45) is 0 Å². The Morgan fingerprint density at radius 3 is 2.23 bits per heavy atom. The van der Waals surface area contributed by atoms with Crippen LogP contribution in [-0.4, -0.2) is 65.2 Å². The Hall–Kier alpha value is -1.28. The highest BCUT2D eigenvalue weighted by atomic mass is 16.7. The molecule has 0 aromatic heterocycles. The molecule has 1 fully saturated rings. The van der Waals surface area contributed by atoms with E-state index >= 15 is 0 Å². The lowest BCUT2D eigenvalue weighted by atomic mass is 9.93. The minimum atomic E-state index is -0.575. The van der Waals surface area contributed by atoms with Gasteiger partial charge < -0.3 is 28.4 Å². The normalized spacial score (nSPS) is 30.1. The van der Waals surface area contributed by atoms with Crippen LogP contribution in [0.2, 0.25) is 0 Å². The van der Waals surface area contributed by atoms with Gasteiger partial charge in [0.2, 0.25) is 0 Å². The first-order chi connectivity index (χ1) is 12.7. The fourth-order valence-electron chi connectivity index (χ4n) is 3.33. The number of hydrogen-bond donors (Lipinski definition) is 0. The van der Waals surface area contributed by atoms with Crippen LogP contribution < -0.4 is 0 Å². The van der Waals surface area contributed by atoms with Crippen LogP contribution in [0, 0.1) is 0 Å². The maximum Gasteiger partial charge on any atom is 0.186 e. The number of benzene rings is 1. The number of rotatable bonds is 10. The van der Waals surface area contributed by atoms with Gasteiger partial charge >= 0.3 is 0 Å². The van der Waals surface area contributed by atoms with Crippen LogP contribution in [0.3, 0.4) is 0 Å². The first kappa shape index (κ1) is 21.0. The maximum atomic E-state index is 6.24. The largest absolute Gasteiger partial charge is 0.378 e. The van der Waals surface area contributed by atoms with Crippen molar-refractivity contribution in [2.75, 3.05) is 28.4 Å². The lowest BCUT2D eigenvalue weighted by Crippen LogP contribution is -2.63. The second-order valence-corrected chi connectivity index (χ2v) is 6.17. The third-order valence-corrected chi connectivity index (χ3v) is 4.66. The van der Waals surface area contributed by atoms with E-state index in [1.165, 1.54) is 0 Å². The molecule has 0 N–H and O–H groups in total. The van der Waals surface area contributed by atoms with E-state index in [9.17, 15) is 0 Å². The Kier molecular flexibility index (Phi) is 8.71. The second kappa shape index (κ2) is 10.8. The van der Waals surface area contributed by atoms with Gasteiger partial charge in [0.15, 0.2) is 6.29 Å². The molecule has 26 heavy (non-hydrogen) atoms. The molecule has 0 saturated carbocycles. The van der Waals surface area contributed by atoms with E-state index in [2.05, 4.69) is 6.58 Å². The summed E-state index contributed by atoms with van der Waals surface area (Å²) in [5, 5.41) is 0. The van der Waals surface area contributed by atoms with Crippen LogP contribution in [-0.2, 0) is 35.0 Å². The molecule has 0 spiro atoms. The van der Waals surface area contributed by atoms with Crippen molar-refractivity contribution in [3.63, 3.8) is 0 Å². The van der Waals surface area contributed by atoms with E-state index in [1.54, 1.807) is 34.5 Å². The Morgan fingerprint density at radius 1 is 1.00 bits per heavy atom. The van der Waals surface area contributed by atoms with Crippen LogP contribution in [0.25, 0.3) is 0 Å². The first-order valence-corrected chi connectivity index (χ1v) is 8.73. The molecule has 1 aliphatic heterocycles. The standard InChI is InChI=1S/C20H30O6/c1-6-10-15(21-2)16-18(25-13-14-11-8-7-9-12-14)17(22-3)19(23-4)20(24-5)26-16/h6-9,11-12,15-20H,1,10,13H2,2-5H3/t15-,16-,17+,18-,19-,20+/m1/s1. The van der Waals surface area contributed by atoms with E-state index in [0.29, 0.717) is 13.0 Å². The SMILES string of the molecule is C=CC[C@@H](OC)[C@H]1O[C@H](OC)[C@H](OC)[C@@H](OC)[C@@H]1OCc1ccccc1. The van der Waals surface area contributed by atoms with Gasteiger partial charge in [-0.3, -0.25) is 0 Å². The second-order valence-electron chi connectivity index (χ2n) is 6.17. The highest BCUT2D eigenvalue weighted by molar-refractivity contribution is 5.13. The van der Waals surface area contributed by atoms with Gasteiger partial charge in [0.05, 0.1) is 12.7 Å². The average molecular weight is 366 g/mol. The molecule has 1 saturated heterocycles. The topological polar surface area (TPSA) is 55.4 Å². The van der Waals surface area contributed by atoms with Crippen molar-refractivity contribution in [2.45, 2.75) is 49.8 Å². The molecular weight excluding hydrogens is 336 g/mol. The van der Waals surface area contributed by atoms with Gasteiger partial charge in [0.25, 0.3) is 0 Å². The minimum absolute atomic E-state index is 0.235. The fraction of sp³-hybridized carbons (Fsp3) is 0.600. The Balaban J connectivity index is 2.25. The summed E-state index contributed by atoms with van der Waals surface area (Å²) in [6, 6.07) is 9.97. The number of ether oxygens (including phenoxy) is 6. The quantitative estimate of drug-likeness (QED) is 0.593. The van der Waals surface area contributed by atoms with E-state index in [1.807, 2.05) is 30.3 Å².